The fourth-order valence-electron chi connectivity index (χ4n) is 5.47. The summed E-state index contributed by atoms with van der Waals surface area (Å²) in [6.07, 6.45) is 8.39. The molecule has 0 aromatic carbocycles. The third-order valence-corrected chi connectivity index (χ3v) is 6.82. The largest absolute Gasteiger partial charge is 0.369 e. The lowest BCUT2D eigenvalue weighted by atomic mass is 9.81. The highest BCUT2D eigenvalue weighted by atomic mass is 16.1. The number of carbonyl (C=O) groups is 1. The van der Waals surface area contributed by atoms with E-state index >= 15 is 0 Å². The Bertz CT molecular complexity index is 938. The average molecular weight is 425 g/mol. The molecular formula is C22H32N8O. The smallest absolute Gasteiger partial charge is 0.231 e. The number of nitrogens with two attached hydrogens (primary N) is 1. The van der Waals surface area contributed by atoms with Crippen LogP contribution in [0.3, 0.4) is 0 Å². The van der Waals surface area contributed by atoms with Crippen LogP contribution in [0.5, 0.6) is 0 Å². The van der Waals surface area contributed by atoms with Gasteiger partial charge < -0.3 is 16.4 Å². The Labute approximate surface area is 182 Å². The molecule has 2 bridgehead atoms. The van der Waals surface area contributed by atoms with Crippen molar-refractivity contribution in [1.29, 1.82) is 0 Å². The predicted molar refractivity (Wildman–Crippen MR) is 121 cm³/mol. The van der Waals surface area contributed by atoms with Crippen molar-refractivity contribution in [2.24, 2.45) is 5.73 Å². The van der Waals surface area contributed by atoms with E-state index in [1.807, 2.05) is 18.3 Å². The molecular weight excluding hydrogens is 392 g/mol. The van der Waals surface area contributed by atoms with Gasteiger partial charge in [0.25, 0.3) is 0 Å². The maximum absolute atomic E-state index is 11.5. The lowest BCUT2D eigenvalue weighted by Crippen LogP contribution is -2.56. The Morgan fingerprint density at radius 3 is 2.74 bits per heavy atom. The molecule has 9 nitrogen and oxygen atoms in total. The molecule has 5 atom stereocenters. The van der Waals surface area contributed by atoms with Crippen LogP contribution in [-0.2, 0) is 4.79 Å². The zero-order valence-corrected chi connectivity index (χ0v) is 18.0. The second-order valence-electron chi connectivity index (χ2n) is 9.24. The molecule has 3 fully saturated rings. The SMILES string of the molecule is CC1CC(Nc2cc3ncccc3c(NC3C[C@H]4CCC[C@@H](C3)N4CC(N)=O)n2)NN1. The molecule has 1 amide bonds. The molecule has 31 heavy (non-hydrogen) atoms. The third kappa shape index (κ3) is 4.44. The minimum absolute atomic E-state index is 0.132. The monoisotopic (exact) mass is 424 g/mol. The number of aromatic nitrogens is 2. The van der Waals surface area contributed by atoms with Crippen LogP contribution in [0.4, 0.5) is 11.6 Å². The molecule has 0 aliphatic carbocycles. The van der Waals surface area contributed by atoms with Crippen molar-refractivity contribution in [3.63, 3.8) is 0 Å². The van der Waals surface area contributed by atoms with Crippen molar-refractivity contribution in [2.45, 2.75) is 75.8 Å². The van der Waals surface area contributed by atoms with E-state index in [9.17, 15) is 4.79 Å². The van der Waals surface area contributed by atoms with Gasteiger partial charge in [0.1, 0.15) is 11.6 Å². The summed E-state index contributed by atoms with van der Waals surface area (Å²) in [5.74, 6) is 1.46. The van der Waals surface area contributed by atoms with Gasteiger partial charge >= 0.3 is 0 Å². The second-order valence-corrected chi connectivity index (χ2v) is 9.24. The van der Waals surface area contributed by atoms with Gasteiger partial charge in [-0.15, -0.1) is 0 Å². The Hall–Kier alpha value is -2.49. The van der Waals surface area contributed by atoms with Crippen LogP contribution in [0.25, 0.3) is 10.9 Å². The minimum atomic E-state index is -0.231. The quantitative estimate of drug-likeness (QED) is 0.474. The lowest BCUT2D eigenvalue weighted by Gasteiger charge is -2.48. The highest BCUT2D eigenvalue weighted by Crippen LogP contribution is 2.35. The molecule has 3 saturated heterocycles. The zero-order chi connectivity index (χ0) is 21.4. The summed E-state index contributed by atoms with van der Waals surface area (Å²) >= 11 is 0. The van der Waals surface area contributed by atoms with E-state index in [-0.39, 0.29) is 12.1 Å². The summed E-state index contributed by atoms with van der Waals surface area (Å²) in [5, 5.41) is 8.25. The Kier molecular flexibility index (Phi) is 5.64. The van der Waals surface area contributed by atoms with Crippen LogP contribution in [-0.4, -0.2) is 57.7 Å². The van der Waals surface area contributed by atoms with E-state index in [0.717, 1.165) is 54.6 Å². The maximum atomic E-state index is 11.5. The van der Waals surface area contributed by atoms with Crippen LogP contribution >= 0.6 is 0 Å². The molecule has 3 aliphatic rings. The van der Waals surface area contributed by atoms with E-state index in [4.69, 9.17) is 10.7 Å². The minimum Gasteiger partial charge on any atom is -0.369 e. The first-order valence-corrected chi connectivity index (χ1v) is 11.4. The number of fused-ring (bicyclic) bond motifs is 3. The topological polar surface area (TPSA) is 120 Å². The van der Waals surface area contributed by atoms with E-state index in [1.54, 1.807) is 0 Å². The molecule has 3 aliphatic heterocycles. The van der Waals surface area contributed by atoms with Crippen LogP contribution in [0.2, 0.25) is 0 Å². The van der Waals surface area contributed by atoms with Crippen LogP contribution in [0, 0.1) is 0 Å². The van der Waals surface area contributed by atoms with Gasteiger partial charge in [-0.1, -0.05) is 6.42 Å². The molecule has 2 aromatic rings. The molecule has 166 valence electrons. The highest BCUT2D eigenvalue weighted by Gasteiger charge is 2.39. The van der Waals surface area contributed by atoms with Crippen LogP contribution in [0.15, 0.2) is 24.4 Å². The van der Waals surface area contributed by atoms with Gasteiger partial charge in [0.15, 0.2) is 0 Å². The number of pyridine rings is 2. The van der Waals surface area contributed by atoms with Gasteiger partial charge in [-0.05, 0) is 51.2 Å². The number of amides is 1. The van der Waals surface area contributed by atoms with Crippen molar-refractivity contribution < 1.29 is 4.79 Å². The number of piperidine rings is 2. The zero-order valence-electron chi connectivity index (χ0n) is 18.0. The molecule has 5 heterocycles. The summed E-state index contributed by atoms with van der Waals surface area (Å²) in [4.78, 5) is 23.4. The Balaban J connectivity index is 1.36. The van der Waals surface area contributed by atoms with Gasteiger partial charge in [-0.3, -0.25) is 20.1 Å². The van der Waals surface area contributed by atoms with Crippen molar-refractivity contribution in [2.75, 3.05) is 17.2 Å². The number of nitrogens with zero attached hydrogens (tertiary/aromatic N) is 3. The number of hydrogen-bond donors (Lipinski definition) is 5. The standard InChI is InChI=1S/C22H32N8O/c1-13-8-21(29-28-13)26-20-11-18-17(6-3-7-24-18)22(27-20)25-14-9-15-4-2-5-16(10-14)30(15)12-19(23)31/h3,6-7,11,13-16,21,28-29H,2,4-5,8-10,12H2,1H3,(H2,23,31)(H2,25,26,27)/t13?,14?,15-,16+,21?. The first-order chi connectivity index (χ1) is 15.0. The molecule has 9 heteroatoms. The third-order valence-electron chi connectivity index (χ3n) is 6.82. The maximum Gasteiger partial charge on any atom is 0.231 e. The average Bonchev–Trinajstić information content (AvgIpc) is 3.13. The fourth-order valence-corrected chi connectivity index (χ4v) is 5.47. The van der Waals surface area contributed by atoms with Crippen molar-refractivity contribution in [3.05, 3.63) is 24.4 Å². The number of primary amides is 1. The molecule has 0 spiro atoms. The highest BCUT2D eigenvalue weighted by molar-refractivity contribution is 5.91. The number of rotatable bonds is 6. The van der Waals surface area contributed by atoms with E-state index in [0.29, 0.717) is 30.7 Å². The number of hydrazine groups is 1. The number of anilines is 2. The van der Waals surface area contributed by atoms with Crippen LogP contribution in [0.1, 0.15) is 45.4 Å². The first kappa shape index (κ1) is 20.4. The normalized spacial score (nSPS) is 30.9. The van der Waals surface area contributed by atoms with Gasteiger partial charge in [0.05, 0.1) is 18.2 Å². The molecule has 3 unspecified atom stereocenters. The van der Waals surface area contributed by atoms with Gasteiger partial charge in [-0.25, -0.2) is 10.4 Å². The van der Waals surface area contributed by atoms with E-state index in [2.05, 4.69) is 44.4 Å². The summed E-state index contributed by atoms with van der Waals surface area (Å²) in [6.45, 7) is 2.52. The van der Waals surface area contributed by atoms with Crippen molar-refractivity contribution >= 4 is 28.4 Å². The first-order valence-electron chi connectivity index (χ1n) is 11.4. The van der Waals surface area contributed by atoms with Crippen LogP contribution < -0.4 is 27.2 Å². The predicted octanol–water partition coefficient (Wildman–Crippen LogP) is 1.54. The lowest BCUT2D eigenvalue weighted by molar-refractivity contribution is -0.121. The van der Waals surface area contributed by atoms with Gasteiger partial charge in [0.2, 0.25) is 5.91 Å². The van der Waals surface area contributed by atoms with Gasteiger partial charge in [-0.2, -0.15) is 0 Å². The van der Waals surface area contributed by atoms with Crippen molar-refractivity contribution in [1.82, 2.24) is 25.7 Å². The second kappa shape index (κ2) is 8.57. The van der Waals surface area contributed by atoms with Gasteiger partial charge in [0, 0.05) is 41.8 Å². The summed E-state index contributed by atoms with van der Waals surface area (Å²) in [6, 6.07) is 7.57. The molecule has 2 aromatic heterocycles. The fraction of sp³-hybridized carbons (Fsp3) is 0.591. The Morgan fingerprint density at radius 1 is 1.23 bits per heavy atom. The molecule has 0 radical (unpaired) electrons. The number of nitrogens with one attached hydrogen (secondary N) is 4. The van der Waals surface area contributed by atoms with E-state index < -0.39 is 0 Å². The summed E-state index contributed by atoms with van der Waals surface area (Å²) in [5.41, 5.74) is 12.9. The summed E-state index contributed by atoms with van der Waals surface area (Å²) < 4.78 is 0. The molecule has 0 saturated carbocycles. The van der Waals surface area contributed by atoms with Crippen molar-refractivity contribution in [3.8, 4) is 0 Å². The Morgan fingerprint density at radius 2 is 2.03 bits per heavy atom. The number of carbonyl (C=O) groups excluding carboxylic acids is 1. The molecule has 5 rings (SSSR count). The molecule has 6 N–H and O–H groups in total. The summed E-state index contributed by atoms with van der Waals surface area (Å²) in [7, 11) is 0. The van der Waals surface area contributed by atoms with E-state index in [1.165, 1.54) is 6.42 Å². The number of hydrogen-bond acceptors (Lipinski definition) is 8.